The van der Waals surface area contributed by atoms with Gasteiger partial charge in [-0.15, -0.1) is 0 Å². The maximum atomic E-state index is 12.1. The Morgan fingerprint density at radius 1 is 1.12 bits per heavy atom. The van der Waals surface area contributed by atoms with Crippen molar-refractivity contribution in [1.29, 1.82) is 0 Å². The maximum absolute atomic E-state index is 12.1. The molecule has 0 spiro atoms. The van der Waals surface area contributed by atoms with Crippen LogP contribution in [0.2, 0.25) is 0 Å². The second-order valence-electron chi connectivity index (χ2n) is 4.75. The van der Waals surface area contributed by atoms with Crippen LogP contribution in [0.4, 0.5) is 0 Å². The van der Waals surface area contributed by atoms with E-state index < -0.39 is 0 Å². The summed E-state index contributed by atoms with van der Waals surface area (Å²) < 4.78 is 0. The van der Waals surface area contributed by atoms with Crippen LogP contribution in [-0.4, -0.2) is 5.78 Å². The van der Waals surface area contributed by atoms with Gasteiger partial charge in [0, 0.05) is 12.3 Å². The van der Waals surface area contributed by atoms with Gasteiger partial charge in [-0.1, -0.05) is 57.0 Å². The van der Waals surface area contributed by atoms with Crippen LogP contribution in [0.3, 0.4) is 0 Å². The van der Waals surface area contributed by atoms with Crippen molar-refractivity contribution in [3.8, 4) is 0 Å². The summed E-state index contributed by atoms with van der Waals surface area (Å²) in [5.74, 6) is 0.687. The fourth-order valence-corrected chi connectivity index (χ4v) is 2.18. The number of carbonyl (C=O) groups excluding carboxylic acids is 1. The normalized spacial score (nSPS) is 12.4. The molecule has 1 nitrogen and oxygen atoms in total. The zero-order valence-electron chi connectivity index (χ0n) is 11.1. The monoisotopic (exact) mass is 232 g/mol. The summed E-state index contributed by atoms with van der Waals surface area (Å²) in [6.07, 6.45) is 5.93. The third-order valence-electron chi connectivity index (χ3n) is 3.19. The lowest BCUT2D eigenvalue weighted by atomic mass is 9.89. The lowest BCUT2D eigenvalue weighted by Crippen LogP contribution is -2.17. The van der Waals surface area contributed by atoms with Gasteiger partial charge in [0.15, 0.2) is 0 Å². The molecule has 1 unspecified atom stereocenters. The number of benzene rings is 1. The SMILES string of the molecule is CCCCC(=O)C(CCC)Cc1ccccc1. The van der Waals surface area contributed by atoms with Crippen molar-refractivity contribution in [2.45, 2.75) is 52.4 Å². The first-order chi connectivity index (χ1) is 8.27. The largest absolute Gasteiger partial charge is 0.299 e. The Bertz CT molecular complexity index is 316. The molecule has 0 radical (unpaired) electrons. The van der Waals surface area contributed by atoms with E-state index >= 15 is 0 Å². The molecule has 0 aliphatic carbocycles. The predicted molar refractivity (Wildman–Crippen MR) is 73.1 cm³/mol. The fraction of sp³-hybridized carbons (Fsp3) is 0.562. The van der Waals surface area contributed by atoms with Crippen LogP contribution in [0.1, 0.15) is 51.5 Å². The third kappa shape index (κ3) is 5.16. The van der Waals surface area contributed by atoms with Gasteiger partial charge < -0.3 is 0 Å². The van der Waals surface area contributed by atoms with E-state index in [0.29, 0.717) is 5.78 Å². The van der Waals surface area contributed by atoms with Gasteiger partial charge in [0.1, 0.15) is 5.78 Å². The molecule has 0 bridgehead atoms. The summed E-state index contributed by atoms with van der Waals surface area (Å²) in [6, 6.07) is 10.4. The molecule has 94 valence electrons. The first-order valence-electron chi connectivity index (χ1n) is 6.84. The highest BCUT2D eigenvalue weighted by Gasteiger charge is 2.17. The number of carbonyl (C=O) groups is 1. The van der Waals surface area contributed by atoms with E-state index in [9.17, 15) is 4.79 Å². The van der Waals surface area contributed by atoms with Gasteiger partial charge in [-0.05, 0) is 24.8 Å². The van der Waals surface area contributed by atoms with E-state index in [-0.39, 0.29) is 5.92 Å². The number of ketones is 1. The van der Waals surface area contributed by atoms with Crippen molar-refractivity contribution < 1.29 is 4.79 Å². The van der Waals surface area contributed by atoms with E-state index in [2.05, 4.69) is 38.1 Å². The molecule has 1 heteroatoms. The zero-order valence-corrected chi connectivity index (χ0v) is 11.1. The third-order valence-corrected chi connectivity index (χ3v) is 3.19. The molecule has 0 aromatic heterocycles. The van der Waals surface area contributed by atoms with E-state index in [1.165, 1.54) is 5.56 Å². The Balaban J connectivity index is 2.56. The van der Waals surface area contributed by atoms with Crippen LogP contribution in [0, 0.1) is 5.92 Å². The van der Waals surface area contributed by atoms with Gasteiger partial charge in [0.2, 0.25) is 0 Å². The lowest BCUT2D eigenvalue weighted by molar-refractivity contribution is -0.123. The minimum atomic E-state index is 0.231. The first-order valence-corrected chi connectivity index (χ1v) is 6.84. The summed E-state index contributed by atoms with van der Waals surface area (Å²) in [5, 5.41) is 0. The highest BCUT2D eigenvalue weighted by atomic mass is 16.1. The maximum Gasteiger partial charge on any atom is 0.136 e. The summed E-state index contributed by atoms with van der Waals surface area (Å²) in [4.78, 5) is 12.1. The molecule has 1 aromatic rings. The Kier molecular flexibility index (Phi) is 6.61. The van der Waals surface area contributed by atoms with Gasteiger partial charge >= 0.3 is 0 Å². The molecule has 0 fully saturated rings. The van der Waals surface area contributed by atoms with Gasteiger partial charge in [0.25, 0.3) is 0 Å². The van der Waals surface area contributed by atoms with Gasteiger partial charge in [-0.25, -0.2) is 0 Å². The van der Waals surface area contributed by atoms with Crippen molar-refractivity contribution in [1.82, 2.24) is 0 Å². The molecule has 0 heterocycles. The smallest absolute Gasteiger partial charge is 0.136 e. The second-order valence-corrected chi connectivity index (χ2v) is 4.75. The predicted octanol–water partition coefficient (Wildman–Crippen LogP) is 4.40. The second kappa shape index (κ2) is 8.05. The number of Topliss-reactive ketones (excluding diaryl/α,β-unsaturated/α-hetero) is 1. The molecular formula is C16H24O. The molecule has 0 saturated heterocycles. The van der Waals surface area contributed by atoms with Crippen molar-refractivity contribution in [3.63, 3.8) is 0 Å². The zero-order chi connectivity index (χ0) is 12.5. The fourth-order valence-electron chi connectivity index (χ4n) is 2.18. The van der Waals surface area contributed by atoms with Crippen LogP contribution in [0.25, 0.3) is 0 Å². The van der Waals surface area contributed by atoms with E-state index in [0.717, 1.165) is 38.5 Å². The molecular weight excluding hydrogens is 208 g/mol. The van der Waals surface area contributed by atoms with Crippen molar-refractivity contribution in [2.75, 3.05) is 0 Å². The van der Waals surface area contributed by atoms with E-state index in [4.69, 9.17) is 0 Å². The van der Waals surface area contributed by atoms with Crippen LogP contribution in [-0.2, 0) is 11.2 Å². The van der Waals surface area contributed by atoms with Crippen molar-refractivity contribution in [2.24, 2.45) is 5.92 Å². The summed E-state index contributed by atoms with van der Waals surface area (Å²) in [6.45, 7) is 4.30. The minimum Gasteiger partial charge on any atom is -0.299 e. The Hall–Kier alpha value is -1.11. The van der Waals surface area contributed by atoms with Crippen molar-refractivity contribution >= 4 is 5.78 Å². The molecule has 0 aliphatic heterocycles. The van der Waals surface area contributed by atoms with Crippen LogP contribution < -0.4 is 0 Å². The number of rotatable bonds is 8. The Morgan fingerprint density at radius 3 is 2.41 bits per heavy atom. The molecule has 1 aromatic carbocycles. The van der Waals surface area contributed by atoms with Crippen LogP contribution in [0.15, 0.2) is 30.3 Å². The summed E-state index contributed by atoms with van der Waals surface area (Å²) in [7, 11) is 0. The lowest BCUT2D eigenvalue weighted by Gasteiger charge is -2.14. The standard InChI is InChI=1S/C16H24O/c1-3-5-12-16(17)15(9-4-2)13-14-10-7-6-8-11-14/h6-8,10-11,15H,3-5,9,12-13H2,1-2H3. The van der Waals surface area contributed by atoms with E-state index in [1.54, 1.807) is 0 Å². The Morgan fingerprint density at radius 2 is 1.82 bits per heavy atom. The summed E-state index contributed by atoms with van der Waals surface area (Å²) in [5.41, 5.74) is 1.29. The topological polar surface area (TPSA) is 17.1 Å². The van der Waals surface area contributed by atoms with Gasteiger partial charge in [-0.3, -0.25) is 4.79 Å². The van der Waals surface area contributed by atoms with Gasteiger partial charge in [0.05, 0.1) is 0 Å². The van der Waals surface area contributed by atoms with E-state index in [1.807, 2.05) is 6.07 Å². The van der Waals surface area contributed by atoms with Crippen LogP contribution in [0.5, 0.6) is 0 Å². The molecule has 17 heavy (non-hydrogen) atoms. The highest BCUT2D eigenvalue weighted by molar-refractivity contribution is 5.81. The molecule has 1 rings (SSSR count). The number of hydrogen-bond acceptors (Lipinski definition) is 1. The average molecular weight is 232 g/mol. The highest BCUT2D eigenvalue weighted by Crippen LogP contribution is 2.17. The number of unbranched alkanes of at least 4 members (excludes halogenated alkanes) is 1. The minimum absolute atomic E-state index is 0.231. The molecule has 1 atom stereocenters. The molecule has 0 aliphatic rings. The number of hydrogen-bond donors (Lipinski definition) is 0. The molecule has 0 N–H and O–H groups in total. The quantitative estimate of drug-likeness (QED) is 0.649. The summed E-state index contributed by atoms with van der Waals surface area (Å²) >= 11 is 0. The molecule has 0 amide bonds. The first kappa shape index (κ1) is 14.0. The van der Waals surface area contributed by atoms with Gasteiger partial charge in [-0.2, -0.15) is 0 Å². The van der Waals surface area contributed by atoms with Crippen molar-refractivity contribution in [3.05, 3.63) is 35.9 Å². The molecule has 0 saturated carbocycles. The average Bonchev–Trinajstić information content (AvgIpc) is 2.36. The van der Waals surface area contributed by atoms with Crippen LogP contribution >= 0.6 is 0 Å². The Labute approximate surface area is 105 Å².